The Labute approximate surface area is 355 Å². The van der Waals surface area contributed by atoms with Gasteiger partial charge in [-0.05, 0) is 125 Å². The van der Waals surface area contributed by atoms with Gasteiger partial charge < -0.3 is 13.6 Å². The van der Waals surface area contributed by atoms with Gasteiger partial charge in [0.1, 0.15) is 34.7 Å². The number of fused-ring (bicyclic) bond motifs is 17. The molecule has 0 bridgehead atoms. The Balaban J connectivity index is 1.09. The van der Waals surface area contributed by atoms with E-state index < -0.39 is 0 Å². The maximum absolute atomic E-state index is 7.02. The van der Waals surface area contributed by atoms with Crippen molar-refractivity contribution in [2.45, 2.75) is 6.61 Å². The summed E-state index contributed by atoms with van der Waals surface area (Å²) in [5.74, 6) is 0.891. The van der Waals surface area contributed by atoms with Crippen molar-refractivity contribution < 1.29 is 13.6 Å². The number of ether oxygens (including phenoxy) is 1. The highest BCUT2D eigenvalue weighted by atomic mass is 16.5. The monoisotopic (exact) mass is 790 g/mol. The van der Waals surface area contributed by atoms with Gasteiger partial charge in [0, 0.05) is 38.2 Å². The fraction of sp³-hybridized carbons (Fsp3) is 0.0169. The Morgan fingerprint density at radius 1 is 0.306 bits per heavy atom. The van der Waals surface area contributed by atoms with Crippen molar-refractivity contribution in [3.63, 3.8) is 0 Å². The molecule has 0 saturated heterocycles. The summed E-state index contributed by atoms with van der Waals surface area (Å²) >= 11 is 0. The summed E-state index contributed by atoms with van der Waals surface area (Å²) in [6.07, 6.45) is 0. The second kappa shape index (κ2) is 12.7. The molecule has 0 unspecified atom stereocenters. The largest absolute Gasteiger partial charge is 0.488 e. The minimum absolute atomic E-state index is 0.545. The van der Waals surface area contributed by atoms with E-state index in [9.17, 15) is 0 Å². The Bertz CT molecular complexity index is 3840. The van der Waals surface area contributed by atoms with Crippen LogP contribution in [0.3, 0.4) is 0 Å². The van der Waals surface area contributed by atoms with Crippen LogP contribution < -0.4 is 4.74 Å². The van der Waals surface area contributed by atoms with Crippen LogP contribution in [0.1, 0.15) is 5.56 Å². The van der Waals surface area contributed by atoms with E-state index in [4.69, 9.17) is 13.6 Å². The molecule has 0 aliphatic carbocycles. The van der Waals surface area contributed by atoms with E-state index >= 15 is 0 Å². The van der Waals surface area contributed by atoms with Gasteiger partial charge in [-0.3, -0.25) is 0 Å². The first-order valence-electron chi connectivity index (χ1n) is 21.2. The topological polar surface area (TPSA) is 35.5 Å². The lowest BCUT2D eigenvalue weighted by molar-refractivity contribution is 0.302. The molecule has 1 aliphatic heterocycles. The fourth-order valence-corrected chi connectivity index (χ4v) is 10.4. The molecule has 0 saturated carbocycles. The van der Waals surface area contributed by atoms with Gasteiger partial charge in [-0.2, -0.15) is 0 Å². The molecule has 3 heteroatoms. The molecule has 2 aromatic heterocycles. The summed E-state index contributed by atoms with van der Waals surface area (Å²) in [4.78, 5) is 0. The van der Waals surface area contributed by atoms with Gasteiger partial charge in [0.15, 0.2) is 0 Å². The molecular formula is C59H34O3. The van der Waals surface area contributed by atoms with Crippen LogP contribution in [0.4, 0.5) is 0 Å². The zero-order chi connectivity index (χ0) is 40.5. The van der Waals surface area contributed by atoms with Gasteiger partial charge in [0.2, 0.25) is 0 Å². The molecule has 0 N–H and O–H groups in total. The van der Waals surface area contributed by atoms with Gasteiger partial charge in [-0.1, -0.05) is 146 Å². The standard InChI is InChI=1S/C59H34O3/c1-7-17-44-34(11-1)22-25-51-54(44)56-46-19-9-3-13-37(46)30-49(58(56)61-51)41-27-40(36-21-24-48-43-16-6-5-15-39(43)33-60-53(48)32-36)28-42(29-41)50-31-38-14-4-10-20-47(38)57-55-45-18-8-2-12-35(45)23-26-52(55)62-59(50)57/h1-32H,33H2. The van der Waals surface area contributed by atoms with Crippen LogP contribution in [0, 0.1) is 0 Å². The smallest absolute Gasteiger partial charge is 0.143 e. The highest BCUT2D eigenvalue weighted by Gasteiger charge is 2.23. The van der Waals surface area contributed by atoms with Gasteiger partial charge >= 0.3 is 0 Å². The lowest BCUT2D eigenvalue weighted by Gasteiger charge is -2.21. The zero-order valence-corrected chi connectivity index (χ0v) is 33.4. The van der Waals surface area contributed by atoms with Crippen molar-refractivity contribution in [2.24, 2.45) is 0 Å². The summed E-state index contributed by atoms with van der Waals surface area (Å²) in [5, 5.41) is 14.0. The van der Waals surface area contributed by atoms with Crippen LogP contribution in [0.5, 0.6) is 5.75 Å². The van der Waals surface area contributed by atoms with E-state index in [0.717, 1.165) is 99.3 Å². The van der Waals surface area contributed by atoms with E-state index in [-0.39, 0.29) is 0 Å². The van der Waals surface area contributed by atoms with E-state index in [0.29, 0.717) is 6.61 Å². The van der Waals surface area contributed by atoms with Crippen LogP contribution >= 0.6 is 0 Å². The Morgan fingerprint density at radius 3 is 1.37 bits per heavy atom. The summed E-state index contributed by atoms with van der Waals surface area (Å²) < 4.78 is 20.5. The quantitative estimate of drug-likeness (QED) is 0.179. The van der Waals surface area contributed by atoms with E-state index in [1.807, 2.05) is 0 Å². The van der Waals surface area contributed by atoms with Gasteiger partial charge in [-0.15, -0.1) is 0 Å². The molecule has 62 heavy (non-hydrogen) atoms. The highest BCUT2D eigenvalue weighted by molar-refractivity contribution is 6.30. The third-order valence-electron chi connectivity index (χ3n) is 13.3. The first-order chi connectivity index (χ1) is 30.7. The zero-order valence-electron chi connectivity index (χ0n) is 33.4. The molecule has 3 heterocycles. The van der Waals surface area contributed by atoms with E-state index in [1.54, 1.807) is 0 Å². The molecular weight excluding hydrogens is 757 g/mol. The summed E-state index contributed by atoms with van der Waals surface area (Å²) in [6, 6.07) is 70.0. The summed E-state index contributed by atoms with van der Waals surface area (Å²) in [5.41, 5.74) is 13.4. The molecule has 0 fully saturated rings. The first-order valence-corrected chi connectivity index (χ1v) is 21.2. The summed E-state index contributed by atoms with van der Waals surface area (Å²) in [6.45, 7) is 0.545. The molecule has 0 atom stereocenters. The Kier molecular flexibility index (Phi) is 6.89. The average molecular weight is 791 g/mol. The van der Waals surface area contributed by atoms with Crippen LogP contribution in [0.2, 0.25) is 0 Å². The molecule has 1 aliphatic rings. The fourth-order valence-electron chi connectivity index (χ4n) is 10.4. The van der Waals surface area contributed by atoms with Crippen LogP contribution in [-0.2, 0) is 6.61 Å². The number of hydrogen-bond donors (Lipinski definition) is 0. The maximum atomic E-state index is 7.02. The van der Waals surface area contributed by atoms with Gasteiger partial charge in [-0.25, -0.2) is 0 Å². The average Bonchev–Trinajstić information content (AvgIpc) is 3.94. The second-order valence-electron chi connectivity index (χ2n) is 16.7. The summed E-state index contributed by atoms with van der Waals surface area (Å²) in [7, 11) is 0. The molecule has 13 aromatic rings. The molecule has 11 aromatic carbocycles. The van der Waals surface area contributed by atoms with E-state index in [2.05, 4.69) is 194 Å². The molecule has 14 rings (SSSR count). The van der Waals surface area contributed by atoms with Crippen LogP contribution in [0.25, 0.3) is 131 Å². The lowest BCUT2D eigenvalue weighted by Crippen LogP contribution is -2.05. The maximum Gasteiger partial charge on any atom is 0.143 e. The van der Waals surface area contributed by atoms with E-state index in [1.165, 1.54) is 43.4 Å². The third-order valence-corrected chi connectivity index (χ3v) is 13.3. The van der Waals surface area contributed by atoms with Crippen molar-refractivity contribution in [1.29, 1.82) is 0 Å². The first kappa shape index (κ1) is 33.7. The molecule has 0 amide bonds. The van der Waals surface area contributed by atoms with Crippen molar-refractivity contribution in [3.05, 3.63) is 200 Å². The molecule has 0 spiro atoms. The third kappa shape index (κ3) is 4.82. The number of hydrogen-bond acceptors (Lipinski definition) is 3. The normalized spacial score (nSPS) is 12.6. The predicted octanol–water partition coefficient (Wildman–Crippen LogP) is 16.7. The number of furan rings is 2. The Morgan fingerprint density at radius 2 is 0.790 bits per heavy atom. The predicted molar refractivity (Wildman–Crippen MR) is 257 cm³/mol. The Hall–Kier alpha value is -8.14. The van der Waals surface area contributed by atoms with Crippen LogP contribution in [-0.4, -0.2) is 0 Å². The molecule has 288 valence electrons. The van der Waals surface area contributed by atoms with Crippen molar-refractivity contribution >= 4 is 87.0 Å². The highest BCUT2D eigenvalue weighted by Crippen LogP contribution is 2.48. The minimum Gasteiger partial charge on any atom is -0.488 e. The molecule has 0 radical (unpaired) electrons. The number of benzene rings is 11. The van der Waals surface area contributed by atoms with Crippen LogP contribution in [0.15, 0.2) is 203 Å². The number of rotatable bonds is 3. The molecule has 3 nitrogen and oxygen atoms in total. The van der Waals surface area contributed by atoms with Gasteiger partial charge in [0.05, 0.1) is 0 Å². The minimum atomic E-state index is 0.545. The second-order valence-corrected chi connectivity index (χ2v) is 16.7. The van der Waals surface area contributed by atoms with Gasteiger partial charge in [0.25, 0.3) is 0 Å². The lowest BCUT2D eigenvalue weighted by atomic mass is 9.88. The van der Waals surface area contributed by atoms with Crippen molar-refractivity contribution in [3.8, 4) is 50.3 Å². The van der Waals surface area contributed by atoms with Crippen molar-refractivity contribution in [2.75, 3.05) is 0 Å². The SMILES string of the molecule is c1ccc2c(c1)COc1cc(-c3cc(-c4cc5ccccc5c5c4oc4ccc6ccccc6c45)cc(-c4cc5ccccc5c5c4oc4ccc6ccccc6c45)c3)ccc1-2. The van der Waals surface area contributed by atoms with Crippen molar-refractivity contribution in [1.82, 2.24) is 0 Å².